The quantitative estimate of drug-likeness (QED) is 0.791. The number of aryl methyl sites for hydroxylation is 2. The van der Waals surface area contributed by atoms with Gasteiger partial charge in [0.1, 0.15) is 5.82 Å². The van der Waals surface area contributed by atoms with E-state index in [1.54, 1.807) is 0 Å². The second-order valence-electron chi connectivity index (χ2n) is 4.67. The summed E-state index contributed by atoms with van der Waals surface area (Å²) in [6.45, 7) is 3.24. The zero-order valence-electron chi connectivity index (χ0n) is 9.83. The van der Waals surface area contributed by atoms with Crippen LogP contribution in [-0.2, 0) is 7.05 Å². The van der Waals surface area contributed by atoms with Crippen LogP contribution in [0.3, 0.4) is 0 Å². The predicted molar refractivity (Wildman–Crippen MR) is 65.4 cm³/mol. The average molecular weight is 215 g/mol. The highest BCUT2D eigenvalue weighted by Gasteiger charge is 2.21. The van der Waals surface area contributed by atoms with Gasteiger partial charge in [-0.25, -0.2) is 4.98 Å². The molecule has 3 nitrogen and oxygen atoms in total. The number of nitrogens with zero attached hydrogens (tertiary/aromatic N) is 2. The van der Waals surface area contributed by atoms with Crippen molar-refractivity contribution in [3.05, 3.63) is 29.6 Å². The first-order valence-corrected chi connectivity index (χ1v) is 5.92. The molecule has 1 aromatic heterocycles. The van der Waals surface area contributed by atoms with Crippen LogP contribution in [0.25, 0.3) is 11.0 Å². The lowest BCUT2D eigenvalue weighted by molar-refractivity contribution is 0.584. The Bertz CT molecular complexity index is 521. The third kappa shape index (κ3) is 1.43. The van der Waals surface area contributed by atoms with Gasteiger partial charge >= 0.3 is 0 Å². The Labute approximate surface area is 95.5 Å². The minimum Gasteiger partial charge on any atom is -0.330 e. The van der Waals surface area contributed by atoms with E-state index in [-0.39, 0.29) is 0 Å². The second kappa shape index (κ2) is 3.59. The molecule has 1 atom stereocenters. The van der Waals surface area contributed by atoms with Gasteiger partial charge in [0.25, 0.3) is 0 Å². The molecule has 0 radical (unpaired) electrons. The summed E-state index contributed by atoms with van der Waals surface area (Å²) in [5.74, 6) is 1.18. The van der Waals surface area contributed by atoms with Crippen LogP contribution in [0.2, 0.25) is 0 Å². The molecule has 1 aliphatic rings. The van der Waals surface area contributed by atoms with Crippen LogP contribution in [0.4, 0.5) is 0 Å². The summed E-state index contributed by atoms with van der Waals surface area (Å²) in [6.07, 6.45) is 2.46. The molecule has 0 amide bonds. The number of hydrogen-bond acceptors (Lipinski definition) is 2. The van der Waals surface area contributed by atoms with Gasteiger partial charge in [0.2, 0.25) is 0 Å². The Kier molecular flexibility index (Phi) is 2.21. The third-order valence-electron chi connectivity index (χ3n) is 3.44. The molecule has 1 saturated heterocycles. The minimum atomic E-state index is 0.442. The summed E-state index contributed by atoms with van der Waals surface area (Å²) >= 11 is 0. The molecule has 1 unspecified atom stereocenters. The van der Waals surface area contributed by atoms with Crippen molar-refractivity contribution in [1.82, 2.24) is 14.9 Å². The second-order valence-corrected chi connectivity index (χ2v) is 4.67. The lowest BCUT2D eigenvalue weighted by Crippen LogP contribution is -2.16. The fraction of sp³-hybridized carbons (Fsp3) is 0.462. The number of nitrogens with one attached hydrogen (secondary N) is 1. The van der Waals surface area contributed by atoms with Crippen molar-refractivity contribution in [3.63, 3.8) is 0 Å². The number of benzene rings is 1. The van der Waals surface area contributed by atoms with Crippen LogP contribution >= 0.6 is 0 Å². The Morgan fingerprint density at radius 2 is 2.31 bits per heavy atom. The van der Waals surface area contributed by atoms with E-state index in [1.807, 2.05) is 0 Å². The topological polar surface area (TPSA) is 29.9 Å². The van der Waals surface area contributed by atoms with Gasteiger partial charge in [0.15, 0.2) is 0 Å². The van der Waals surface area contributed by atoms with Gasteiger partial charge in [-0.1, -0.05) is 6.07 Å². The van der Waals surface area contributed by atoms with E-state index < -0.39 is 0 Å². The largest absolute Gasteiger partial charge is 0.330 e. The molecule has 0 saturated carbocycles. The van der Waals surface area contributed by atoms with Crippen LogP contribution in [0.15, 0.2) is 18.2 Å². The monoisotopic (exact) mass is 215 g/mol. The molecule has 84 valence electrons. The highest BCUT2D eigenvalue weighted by atomic mass is 15.1. The molecule has 1 N–H and O–H groups in total. The van der Waals surface area contributed by atoms with E-state index in [4.69, 9.17) is 4.98 Å². The van der Waals surface area contributed by atoms with Crippen molar-refractivity contribution < 1.29 is 0 Å². The first-order chi connectivity index (χ1) is 7.75. The van der Waals surface area contributed by atoms with Crippen molar-refractivity contribution in [2.75, 3.05) is 6.54 Å². The zero-order valence-corrected chi connectivity index (χ0v) is 9.83. The molecule has 1 fully saturated rings. The van der Waals surface area contributed by atoms with Crippen LogP contribution in [-0.4, -0.2) is 16.1 Å². The van der Waals surface area contributed by atoms with E-state index in [1.165, 1.54) is 29.7 Å². The number of aromatic nitrogens is 2. The number of fused-ring (bicyclic) bond motifs is 1. The smallest absolute Gasteiger partial charge is 0.126 e. The molecule has 2 heterocycles. The van der Waals surface area contributed by atoms with Crippen molar-refractivity contribution in [1.29, 1.82) is 0 Å². The SMILES string of the molecule is Cc1ccc2nc(C3CCCN3)n(C)c2c1. The predicted octanol–water partition coefficient (Wildman–Crippen LogP) is 2.31. The highest BCUT2D eigenvalue weighted by molar-refractivity contribution is 5.76. The van der Waals surface area contributed by atoms with Crippen molar-refractivity contribution in [3.8, 4) is 0 Å². The summed E-state index contributed by atoms with van der Waals surface area (Å²) in [6, 6.07) is 6.89. The standard InChI is InChI=1S/C13H17N3/c1-9-5-6-10-12(8-9)16(2)13(15-10)11-4-3-7-14-11/h5-6,8,11,14H,3-4,7H2,1-2H3. The summed E-state index contributed by atoms with van der Waals surface area (Å²) in [5.41, 5.74) is 3.64. The van der Waals surface area contributed by atoms with Crippen LogP contribution in [0, 0.1) is 6.92 Å². The molecule has 0 bridgehead atoms. The Hall–Kier alpha value is -1.35. The third-order valence-corrected chi connectivity index (χ3v) is 3.44. The first-order valence-electron chi connectivity index (χ1n) is 5.92. The minimum absolute atomic E-state index is 0.442. The Morgan fingerprint density at radius 1 is 1.44 bits per heavy atom. The molecule has 2 aromatic rings. The molecule has 1 aromatic carbocycles. The zero-order chi connectivity index (χ0) is 11.1. The molecule has 0 spiro atoms. The molecule has 3 rings (SSSR count). The maximum absolute atomic E-state index is 4.74. The molecule has 3 heteroatoms. The van der Waals surface area contributed by atoms with Gasteiger partial charge in [0, 0.05) is 7.05 Å². The van der Waals surface area contributed by atoms with Crippen molar-refractivity contribution in [2.45, 2.75) is 25.8 Å². The Balaban J connectivity index is 2.15. The molecule has 1 aliphatic heterocycles. The van der Waals surface area contributed by atoms with Gasteiger partial charge in [-0.3, -0.25) is 0 Å². The molecular formula is C13H17N3. The van der Waals surface area contributed by atoms with Crippen LogP contribution in [0.5, 0.6) is 0 Å². The Morgan fingerprint density at radius 3 is 3.06 bits per heavy atom. The van der Waals surface area contributed by atoms with Gasteiger partial charge in [0.05, 0.1) is 17.1 Å². The first kappa shape index (κ1) is 9.85. The lowest BCUT2D eigenvalue weighted by atomic mass is 10.2. The van der Waals surface area contributed by atoms with Gasteiger partial charge in [-0.2, -0.15) is 0 Å². The van der Waals surface area contributed by atoms with Gasteiger partial charge < -0.3 is 9.88 Å². The summed E-state index contributed by atoms with van der Waals surface area (Å²) < 4.78 is 2.23. The number of rotatable bonds is 1. The van der Waals surface area contributed by atoms with E-state index in [2.05, 4.69) is 42.1 Å². The highest BCUT2D eigenvalue weighted by Crippen LogP contribution is 2.25. The van der Waals surface area contributed by atoms with E-state index >= 15 is 0 Å². The maximum Gasteiger partial charge on any atom is 0.126 e. The van der Waals surface area contributed by atoms with Crippen molar-refractivity contribution >= 4 is 11.0 Å². The van der Waals surface area contributed by atoms with E-state index in [0.29, 0.717) is 6.04 Å². The summed E-state index contributed by atoms with van der Waals surface area (Å²) in [4.78, 5) is 4.74. The van der Waals surface area contributed by atoms with E-state index in [0.717, 1.165) is 12.1 Å². The fourth-order valence-corrected chi connectivity index (χ4v) is 2.54. The van der Waals surface area contributed by atoms with Gasteiger partial charge in [-0.15, -0.1) is 0 Å². The maximum atomic E-state index is 4.74. The summed E-state index contributed by atoms with van der Waals surface area (Å²) in [7, 11) is 2.12. The van der Waals surface area contributed by atoms with Gasteiger partial charge in [-0.05, 0) is 44.0 Å². The fourth-order valence-electron chi connectivity index (χ4n) is 2.54. The van der Waals surface area contributed by atoms with Crippen LogP contribution < -0.4 is 5.32 Å². The number of imidazole rings is 1. The molecular weight excluding hydrogens is 198 g/mol. The number of hydrogen-bond donors (Lipinski definition) is 1. The lowest BCUT2D eigenvalue weighted by Gasteiger charge is -2.09. The summed E-state index contributed by atoms with van der Waals surface area (Å²) in [5, 5.41) is 3.51. The normalized spacial score (nSPS) is 20.8. The molecule has 0 aliphatic carbocycles. The van der Waals surface area contributed by atoms with Crippen molar-refractivity contribution in [2.24, 2.45) is 7.05 Å². The average Bonchev–Trinajstić information content (AvgIpc) is 2.87. The van der Waals surface area contributed by atoms with Crippen LogP contribution in [0.1, 0.15) is 30.3 Å². The van der Waals surface area contributed by atoms with E-state index in [9.17, 15) is 0 Å². The molecule has 16 heavy (non-hydrogen) atoms.